The highest BCUT2D eigenvalue weighted by Crippen LogP contribution is 2.26. The van der Waals surface area contributed by atoms with Crippen molar-refractivity contribution in [3.8, 4) is 0 Å². The molecule has 0 saturated carbocycles. The minimum Gasteiger partial charge on any atom is -0.444 e. The van der Waals surface area contributed by atoms with Crippen molar-refractivity contribution in [2.24, 2.45) is 0 Å². The van der Waals surface area contributed by atoms with Gasteiger partial charge in [-0.15, -0.1) is 0 Å². The van der Waals surface area contributed by atoms with Crippen LogP contribution in [0.4, 0.5) is 14.9 Å². The van der Waals surface area contributed by atoms with E-state index >= 15 is 0 Å². The first-order valence-corrected chi connectivity index (χ1v) is 7.47. The highest BCUT2D eigenvalue weighted by atomic mass is 19.1. The summed E-state index contributed by atoms with van der Waals surface area (Å²) in [5, 5.41) is 2.31. The van der Waals surface area contributed by atoms with Crippen LogP contribution in [-0.4, -0.2) is 36.1 Å². The second-order valence-electron chi connectivity index (χ2n) is 6.36. The van der Waals surface area contributed by atoms with Crippen molar-refractivity contribution in [2.45, 2.75) is 32.8 Å². The lowest BCUT2D eigenvalue weighted by molar-refractivity contribution is -0.105. The Balaban J connectivity index is 2.05. The van der Waals surface area contributed by atoms with Crippen LogP contribution in [0.25, 0.3) is 5.57 Å². The summed E-state index contributed by atoms with van der Waals surface area (Å²) < 4.78 is 19.2. The lowest BCUT2D eigenvalue weighted by atomic mass is 9.99. The van der Waals surface area contributed by atoms with Crippen LogP contribution in [0.1, 0.15) is 32.8 Å². The number of carbonyl (C=O) groups excluding carboxylic acids is 2. The van der Waals surface area contributed by atoms with Gasteiger partial charge in [-0.3, -0.25) is 4.79 Å². The van der Waals surface area contributed by atoms with E-state index < -0.39 is 11.4 Å². The molecule has 1 aliphatic heterocycles. The number of hydrogen-bond acceptors (Lipinski definition) is 3. The fraction of sp³-hybridized carbons (Fsp3) is 0.412. The zero-order chi connectivity index (χ0) is 17.0. The molecule has 1 N–H and O–H groups in total. The first-order valence-electron chi connectivity index (χ1n) is 7.47. The number of amides is 2. The number of carbonyl (C=O) groups is 2. The van der Waals surface area contributed by atoms with E-state index in [0.29, 0.717) is 25.9 Å². The number of nitrogens with zero attached hydrogens (tertiary/aromatic N) is 1. The molecule has 124 valence electrons. The standard InChI is InChI=1S/C17H21FN2O3/c1-17(2,3)23-16(22)20-8-6-12(7-9-20)13-4-5-15(19-11-21)14(18)10-13/h4-6,10-11H,7-9H2,1-3H3,(H,19,21). The summed E-state index contributed by atoms with van der Waals surface area (Å²) >= 11 is 0. The third-order valence-corrected chi connectivity index (χ3v) is 3.42. The van der Waals surface area contributed by atoms with Gasteiger partial charge in [0.15, 0.2) is 0 Å². The van der Waals surface area contributed by atoms with Crippen LogP contribution in [0.5, 0.6) is 0 Å². The molecule has 1 aliphatic rings. The van der Waals surface area contributed by atoms with Gasteiger partial charge in [-0.1, -0.05) is 12.1 Å². The molecule has 2 rings (SSSR count). The van der Waals surface area contributed by atoms with Gasteiger partial charge in [-0.05, 0) is 50.5 Å². The van der Waals surface area contributed by atoms with Gasteiger partial charge in [0.25, 0.3) is 0 Å². The largest absolute Gasteiger partial charge is 0.444 e. The summed E-state index contributed by atoms with van der Waals surface area (Å²) in [5.41, 5.74) is 1.35. The van der Waals surface area contributed by atoms with Gasteiger partial charge < -0.3 is 15.0 Å². The van der Waals surface area contributed by atoms with Crippen molar-refractivity contribution >= 4 is 23.8 Å². The Labute approximate surface area is 135 Å². The molecule has 5 nitrogen and oxygen atoms in total. The van der Waals surface area contributed by atoms with E-state index in [1.807, 2.05) is 26.8 Å². The van der Waals surface area contributed by atoms with Crippen LogP contribution in [0.15, 0.2) is 24.3 Å². The third kappa shape index (κ3) is 4.55. The topological polar surface area (TPSA) is 58.6 Å². The molecule has 0 bridgehead atoms. The van der Waals surface area contributed by atoms with E-state index in [1.165, 1.54) is 12.1 Å². The molecule has 23 heavy (non-hydrogen) atoms. The summed E-state index contributed by atoms with van der Waals surface area (Å²) in [6.07, 6.45) is 2.62. The van der Waals surface area contributed by atoms with Crippen molar-refractivity contribution in [3.63, 3.8) is 0 Å². The second kappa shape index (κ2) is 6.81. The fourth-order valence-corrected chi connectivity index (χ4v) is 2.32. The predicted molar refractivity (Wildman–Crippen MR) is 86.5 cm³/mol. The Hall–Kier alpha value is -2.37. The van der Waals surface area contributed by atoms with Crippen LogP contribution in [0.3, 0.4) is 0 Å². The molecule has 0 spiro atoms. The average Bonchev–Trinajstić information content (AvgIpc) is 2.48. The van der Waals surface area contributed by atoms with Gasteiger partial charge in [0.05, 0.1) is 5.69 Å². The van der Waals surface area contributed by atoms with Crippen molar-refractivity contribution in [2.75, 3.05) is 18.4 Å². The monoisotopic (exact) mass is 320 g/mol. The Bertz CT molecular complexity index is 635. The molecular formula is C17H21FN2O3. The molecule has 0 fully saturated rings. The zero-order valence-electron chi connectivity index (χ0n) is 13.6. The maximum Gasteiger partial charge on any atom is 0.410 e. The molecule has 0 radical (unpaired) electrons. The summed E-state index contributed by atoms with van der Waals surface area (Å²) in [6.45, 7) is 6.44. The first kappa shape index (κ1) is 17.0. The Morgan fingerprint density at radius 1 is 1.39 bits per heavy atom. The van der Waals surface area contributed by atoms with Gasteiger partial charge in [-0.25, -0.2) is 9.18 Å². The number of benzene rings is 1. The molecule has 0 aromatic heterocycles. The van der Waals surface area contributed by atoms with E-state index in [2.05, 4.69) is 5.32 Å². The van der Waals surface area contributed by atoms with Crippen LogP contribution < -0.4 is 5.32 Å². The second-order valence-corrected chi connectivity index (χ2v) is 6.36. The summed E-state index contributed by atoms with van der Waals surface area (Å²) in [6, 6.07) is 4.67. The van der Waals surface area contributed by atoms with E-state index in [-0.39, 0.29) is 11.8 Å². The van der Waals surface area contributed by atoms with Gasteiger partial charge in [0.2, 0.25) is 6.41 Å². The number of nitrogens with one attached hydrogen (secondary N) is 1. The Morgan fingerprint density at radius 3 is 2.65 bits per heavy atom. The zero-order valence-corrected chi connectivity index (χ0v) is 13.6. The first-order chi connectivity index (χ1) is 10.8. The molecule has 6 heteroatoms. The quantitative estimate of drug-likeness (QED) is 0.868. The normalized spacial score (nSPS) is 15.0. The van der Waals surface area contributed by atoms with E-state index in [0.717, 1.165) is 11.1 Å². The number of anilines is 1. The number of ether oxygens (including phenoxy) is 1. The number of rotatable bonds is 3. The molecule has 0 unspecified atom stereocenters. The van der Waals surface area contributed by atoms with Crippen molar-refractivity contribution in [1.29, 1.82) is 0 Å². The summed E-state index contributed by atoms with van der Waals surface area (Å²) in [7, 11) is 0. The molecule has 0 saturated heterocycles. The van der Waals surface area contributed by atoms with Gasteiger partial charge >= 0.3 is 6.09 Å². The predicted octanol–water partition coefficient (Wildman–Crippen LogP) is 3.42. The molecule has 1 heterocycles. The summed E-state index contributed by atoms with van der Waals surface area (Å²) in [4.78, 5) is 24.0. The number of halogens is 1. The van der Waals surface area contributed by atoms with E-state index in [1.54, 1.807) is 11.0 Å². The Kier molecular flexibility index (Phi) is 5.03. The smallest absolute Gasteiger partial charge is 0.410 e. The van der Waals surface area contributed by atoms with Crippen LogP contribution in [0.2, 0.25) is 0 Å². The molecule has 0 aliphatic carbocycles. The van der Waals surface area contributed by atoms with Crippen molar-refractivity contribution in [1.82, 2.24) is 4.90 Å². The van der Waals surface area contributed by atoms with Gasteiger partial charge in [0.1, 0.15) is 11.4 Å². The molecule has 1 aromatic rings. The van der Waals surface area contributed by atoms with Gasteiger partial charge in [0, 0.05) is 13.1 Å². The van der Waals surface area contributed by atoms with Crippen LogP contribution in [0, 0.1) is 5.82 Å². The molecule has 1 aromatic carbocycles. The van der Waals surface area contributed by atoms with Crippen molar-refractivity contribution < 1.29 is 18.7 Å². The van der Waals surface area contributed by atoms with E-state index in [9.17, 15) is 14.0 Å². The van der Waals surface area contributed by atoms with Gasteiger partial charge in [-0.2, -0.15) is 0 Å². The highest BCUT2D eigenvalue weighted by Gasteiger charge is 2.24. The Morgan fingerprint density at radius 2 is 2.13 bits per heavy atom. The lowest BCUT2D eigenvalue weighted by Crippen LogP contribution is -2.39. The van der Waals surface area contributed by atoms with E-state index in [4.69, 9.17) is 4.74 Å². The van der Waals surface area contributed by atoms with Crippen molar-refractivity contribution in [3.05, 3.63) is 35.7 Å². The SMILES string of the molecule is CC(C)(C)OC(=O)N1CC=C(c2ccc(NC=O)c(F)c2)CC1. The molecule has 0 atom stereocenters. The number of hydrogen-bond donors (Lipinski definition) is 1. The lowest BCUT2D eigenvalue weighted by Gasteiger charge is -2.29. The van der Waals surface area contributed by atoms with Crippen LogP contribution >= 0.6 is 0 Å². The minimum absolute atomic E-state index is 0.149. The van der Waals surface area contributed by atoms with Crippen LogP contribution in [-0.2, 0) is 9.53 Å². The average molecular weight is 320 g/mol. The molecular weight excluding hydrogens is 299 g/mol. The minimum atomic E-state index is -0.522. The maximum absolute atomic E-state index is 13.8. The maximum atomic E-state index is 13.8. The summed E-state index contributed by atoms with van der Waals surface area (Å²) in [5.74, 6) is -0.481. The third-order valence-electron chi connectivity index (χ3n) is 3.42. The fourth-order valence-electron chi connectivity index (χ4n) is 2.32. The highest BCUT2D eigenvalue weighted by molar-refractivity contribution is 5.75. The molecule has 2 amide bonds.